The lowest BCUT2D eigenvalue weighted by Crippen LogP contribution is -2.21. The molecule has 1 aliphatic rings. The third-order valence-corrected chi connectivity index (χ3v) is 3.10. The number of phenols is 1. The van der Waals surface area contributed by atoms with Crippen molar-refractivity contribution in [1.82, 2.24) is 0 Å². The van der Waals surface area contributed by atoms with Gasteiger partial charge in [-0.15, -0.1) is 0 Å². The SMILES string of the molecule is COc1c(O)ccc(C2(CN)CC2)c1F. The first-order valence-corrected chi connectivity index (χ1v) is 4.90. The number of nitrogens with two attached hydrogens (primary N) is 1. The van der Waals surface area contributed by atoms with Gasteiger partial charge in [0, 0.05) is 12.0 Å². The Morgan fingerprint density at radius 1 is 1.53 bits per heavy atom. The highest BCUT2D eigenvalue weighted by Crippen LogP contribution is 2.50. The fraction of sp³-hybridized carbons (Fsp3) is 0.455. The quantitative estimate of drug-likeness (QED) is 0.797. The summed E-state index contributed by atoms with van der Waals surface area (Å²) in [6, 6.07) is 3.04. The van der Waals surface area contributed by atoms with Crippen LogP contribution in [0.25, 0.3) is 0 Å². The van der Waals surface area contributed by atoms with Crippen LogP contribution >= 0.6 is 0 Å². The van der Waals surface area contributed by atoms with E-state index in [9.17, 15) is 9.50 Å². The predicted molar refractivity (Wildman–Crippen MR) is 54.6 cm³/mol. The molecule has 2 rings (SSSR count). The largest absolute Gasteiger partial charge is 0.504 e. The van der Waals surface area contributed by atoms with E-state index in [2.05, 4.69) is 0 Å². The predicted octanol–water partition coefficient (Wildman–Crippen LogP) is 1.53. The van der Waals surface area contributed by atoms with E-state index < -0.39 is 5.82 Å². The highest BCUT2D eigenvalue weighted by atomic mass is 19.1. The Kier molecular flexibility index (Phi) is 2.31. The fourth-order valence-corrected chi connectivity index (χ4v) is 1.88. The van der Waals surface area contributed by atoms with Crippen LogP contribution in [-0.2, 0) is 5.41 Å². The van der Waals surface area contributed by atoms with Crippen molar-refractivity contribution in [3.05, 3.63) is 23.5 Å². The Balaban J connectivity index is 2.50. The third kappa shape index (κ3) is 1.45. The zero-order valence-corrected chi connectivity index (χ0v) is 8.59. The Hall–Kier alpha value is -1.29. The number of rotatable bonds is 3. The second kappa shape index (κ2) is 3.38. The summed E-state index contributed by atoms with van der Waals surface area (Å²) in [7, 11) is 1.34. The maximum atomic E-state index is 13.9. The number of hydrogen-bond donors (Lipinski definition) is 2. The fourth-order valence-electron chi connectivity index (χ4n) is 1.88. The Labute approximate surface area is 87.7 Å². The van der Waals surface area contributed by atoms with Gasteiger partial charge in [0.25, 0.3) is 0 Å². The monoisotopic (exact) mass is 211 g/mol. The lowest BCUT2D eigenvalue weighted by molar-refractivity contribution is 0.347. The maximum Gasteiger partial charge on any atom is 0.196 e. The molecule has 1 saturated carbocycles. The highest BCUT2D eigenvalue weighted by molar-refractivity contribution is 5.47. The van der Waals surface area contributed by atoms with Gasteiger partial charge in [-0.1, -0.05) is 6.07 Å². The molecule has 3 N–H and O–H groups in total. The van der Waals surface area contributed by atoms with Crippen LogP contribution in [0.2, 0.25) is 0 Å². The van der Waals surface area contributed by atoms with Crippen LogP contribution < -0.4 is 10.5 Å². The van der Waals surface area contributed by atoms with Crippen LogP contribution in [0, 0.1) is 5.82 Å². The Bertz CT molecular complexity index is 388. The highest BCUT2D eigenvalue weighted by Gasteiger charge is 2.45. The van der Waals surface area contributed by atoms with Crippen LogP contribution in [-0.4, -0.2) is 18.8 Å². The van der Waals surface area contributed by atoms with Crippen molar-refractivity contribution in [2.45, 2.75) is 18.3 Å². The second-order valence-electron chi connectivity index (χ2n) is 3.96. The van der Waals surface area contributed by atoms with Crippen LogP contribution in [0.5, 0.6) is 11.5 Å². The standard InChI is InChI=1S/C11H14FNO2/c1-15-10-8(14)3-2-7(9(10)12)11(6-13)4-5-11/h2-3,14H,4-6,13H2,1H3. The number of methoxy groups -OCH3 is 1. The summed E-state index contributed by atoms with van der Waals surface area (Å²) in [5.41, 5.74) is 5.95. The number of hydrogen-bond acceptors (Lipinski definition) is 3. The van der Waals surface area contributed by atoms with Gasteiger partial charge in [0.2, 0.25) is 0 Å². The molecule has 0 radical (unpaired) electrons. The van der Waals surface area contributed by atoms with E-state index in [0.717, 1.165) is 12.8 Å². The van der Waals surface area contributed by atoms with Gasteiger partial charge in [-0.25, -0.2) is 4.39 Å². The van der Waals surface area contributed by atoms with Gasteiger partial charge in [-0.2, -0.15) is 0 Å². The summed E-state index contributed by atoms with van der Waals surface area (Å²) in [6.07, 6.45) is 1.79. The van der Waals surface area contributed by atoms with Gasteiger partial charge in [-0.05, 0) is 24.5 Å². The first kappa shape index (κ1) is 10.2. The van der Waals surface area contributed by atoms with Crippen LogP contribution in [0.4, 0.5) is 4.39 Å². The number of phenolic OH excluding ortho intramolecular Hbond substituents is 1. The molecule has 0 saturated heterocycles. The first-order chi connectivity index (χ1) is 7.14. The van der Waals surface area contributed by atoms with Crippen molar-refractivity contribution in [3.63, 3.8) is 0 Å². The molecule has 4 heteroatoms. The molecule has 0 aromatic heterocycles. The van der Waals surface area contributed by atoms with Crippen molar-refractivity contribution < 1.29 is 14.2 Å². The van der Waals surface area contributed by atoms with Crippen molar-refractivity contribution in [2.75, 3.05) is 13.7 Å². The molecule has 0 unspecified atom stereocenters. The topological polar surface area (TPSA) is 55.5 Å². The number of benzene rings is 1. The first-order valence-electron chi connectivity index (χ1n) is 4.90. The molecule has 3 nitrogen and oxygen atoms in total. The number of aromatic hydroxyl groups is 1. The average molecular weight is 211 g/mol. The van der Waals surface area contributed by atoms with E-state index in [1.807, 2.05) is 0 Å². The summed E-state index contributed by atoms with van der Waals surface area (Å²) in [5.74, 6) is -0.751. The minimum atomic E-state index is -0.486. The zero-order valence-electron chi connectivity index (χ0n) is 8.59. The van der Waals surface area contributed by atoms with E-state index in [1.165, 1.54) is 13.2 Å². The lowest BCUT2D eigenvalue weighted by Gasteiger charge is -2.16. The van der Waals surface area contributed by atoms with E-state index in [1.54, 1.807) is 6.07 Å². The van der Waals surface area contributed by atoms with E-state index in [0.29, 0.717) is 12.1 Å². The molecule has 15 heavy (non-hydrogen) atoms. The molecular weight excluding hydrogens is 197 g/mol. The van der Waals surface area contributed by atoms with Gasteiger partial charge in [0.15, 0.2) is 17.3 Å². The molecule has 1 aromatic rings. The van der Waals surface area contributed by atoms with Gasteiger partial charge >= 0.3 is 0 Å². The number of halogens is 1. The van der Waals surface area contributed by atoms with Gasteiger partial charge < -0.3 is 15.6 Å². The summed E-state index contributed by atoms with van der Waals surface area (Å²) in [4.78, 5) is 0. The molecule has 0 heterocycles. The molecular formula is C11H14FNO2. The number of ether oxygens (including phenoxy) is 1. The van der Waals surface area contributed by atoms with Crippen LogP contribution in [0.1, 0.15) is 18.4 Å². The van der Waals surface area contributed by atoms with Crippen molar-refractivity contribution in [2.24, 2.45) is 5.73 Å². The molecule has 1 aromatic carbocycles. The zero-order chi connectivity index (χ0) is 11.1. The van der Waals surface area contributed by atoms with Gasteiger partial charge in [0.1, 0.15) is 0 Å². The third-order valence-electron chi connectivity index (χ3n) is 3.10. The smallest absolute Gasteiger partial charge is 0.196 e. The maximum absolute atomic E-state index is 13.9. The van der Waals surface area contributed by atoms with E-state index >= 15 is 0 Å². The van der Waals surface area contributed by atoms with Crippen molar-refractivity contribution in [1.29, 1.82) is 0 Å². The molecule has 0 spiro atoms. The van der Waals surface area contributed by atoms with Crippen LogP contribution in [0.3, 0.4) is 0 Å². The molecule has 0 bridgehead atoms. The van der Waals surface area contributed by atoms with Crippen molar-refractivity contribution >= 4 is 0 Å². The van der Waals surface area contributed by atoms with Crippen LogP contribution in [0.15, 0.2) is 12.1 Å². The van der Waals surface area contributed by atoms with E-state index in [4.69, 9.17) is 10.5 Å². The molecule has 1 fully saturated rings. The second-order valence-corrected chi connectivity index (χ2v) is 3.96. The lowest BCUT2D eigenvalue weighted by atomic mass is 9.95. The molecule has 0 amide bonds. The molecule has 0 aliphatic heterocycles. The summed E-state index contributed by atoms with van der Waals surface area (Å²) >= 11 is 0. The Morgan fingerprint density at radius 3 is 2.67 bits per heavy atom. The summed E-state index contributed by atoms with van der Waals surface area (Å²) in [5, 5.41) is 9.38. The molecule has 1 aliphatic carbocycles. The summed E-state index contributed by atoms with van der Waals surface area (Å²) in [6.45, 7) is 0.428. The summed E-state index contributed by atoms with van der Waals surface area (Å²) < 4.78 is 18.7. The van der Waals surface area contributed by atoms with Gasteiger partial charge in [0.05, 0.1) is 7.11 Å². The normalized spacial score (nSPS) is 17.5. The minimum absolute atomic E-state index is 0.0905. The average Bonchev–Trinajstić information content (AvgIpc) is 2.99. The molecule has 0 atom stereocenters. The van der Waals surface area contributed by atoms with Gasteiger partial charge in [-0.3, -0.25) is 0 Å². The van der Waals surface area contributed by atoms with Crippen molar-refractivity contribution in [3.8, 4) is 11.5 Å². The Morgan fingerprint density at radius 2 is 2.20 bits per heavy atom. The minimum Gasteiger partial charge on any atom is -0.504 e. The molecule has 82 valence electrons. The van der Waals surface area contributed by atoms with E-state index in [-0.39, 0.29) is 16.9 Å².